The van der Waals surface area contributed by atoms with Crippen LogP contribution in [0.4, 0.5) is 0 Å². The number of esters is 2. The average Bonchev–Trinajstić information content (AvgIpc) is 3.36. The molecule has 0 rings (SSSR count). The Kier molecular flexibility index (Phi) is 49.5. The van der Waals surface area contributed by atoms with Crippen molar-refractivity contribution in [1.29, 1.82) is 0 Å². The molecule has 0 aromatic carbocycles. The van der Waals surface area contributed by atoms with Crippen molar-refractivity contribution in [3.63, 3.8) is 0 Å². The third-order valence-corrected chi connectivity index (χ3v) is 10.8. The topological polar surface area (TPSA) is 111 Å². The van der Waals surface area contributed by atoms with E-state index >= 15 is 0 Å². The molecule has 0 aromatic rings. The summed E-state index contributed by atoms with van der Waals surface area (Å²) in [6.45, 7) is 4.41. The van der Waals surface area contributed by atoms with Crippen molar-refractivity contribution in [2.24, 2.45) is 0 Å². The maximum Gasteiger partial charge on any atom is 0.306 e. The van der Waals surface area contributed by atoms with E-state index in [4.69, 9.17) is 18.9 Å². The molecule has 0 saturated heterocycles. The molecule has 0 saturated carbocycles. The zero-order valence-electron chi connectivity index (χ0n) is 46.2. The second kappa shape index (κ2) is 53.2. The average molecular weight is 1010 g/mol. The number of ether oxygens (including phenoxy) is 4. The van der Waals surface area contributed by atoms with Gasteiger partial charge in [0.1, 0.15) is 13.2 Å². The molecule has 9 heteroatoms. The van der Waals surface area contributed by atoms with Crippen LogP contribution in [-0.2, 0) is 33.3 Å². The number of allylic oxidation sites excluding steroid dienone is 26. The molecule has 2 atom stereocenters. The second-order valence-corrected chi connectivity index (χ2v) is 18.8. The molecule has 0 aliphatic carbocycles. The molecule has 0 amide bonds. The summed E-state index contributed by atoms with van der Waals surface area (Å²) >= 11 is 0. The number of carboxylic acids is 1. The number of unbranched alkanes of at least 4 members (excludes halogenated alkanes) is 7. The Balaban J connectivity index is 4.48. The summed E-state index contributed by atoms with van der Waals surface area (Å²) in [5, 5.41) is 11.8. The van der Waals surface area contributed by atoms with E-state index in [1.165, 1.54) is 0 Å². The van der Waals surface area contributed by atoms with Gasteiger partial charge >= 0.3 is 11.9 Å². The predicted molar refractivity (Wildman–Crippen MR) is 305 cm³/mol. The number of carbonyl (C=O) groups is 3. The number of aliphatic carboxylic acids is 1. The van der Waals surface area contributed by atoms with E-state index in [0.29, 0.717) is 23.9 Å². The summed E-state index contributed by atoms with van der Waals surface area (Å²) in [5.41, 5.74) is 0. The molecule has 0 aliphatic rings. The van der Waals surface area contributed by atoms with Gasteiger partial charge in [-0.3, -0.25) is 9.59 Å². The Bertz CT molecular complexity index is 1750. The van der Waals surface area contributed by atoms with Crippen LogP contribution in [0.5, 0.6) is 0 Å². The van der Waals surface area contributed by atoms with Crippen LogP contribution in [0.15, 0.2) is 158 Å². The lowest BCUT2D eigenvalue weighted by atomic mass is 10.1. The van der Waals surface area contributed by atoms with Crippen LogP contribution >= 0.6 is 0 Å². The second-order valence-electron chi connectivity index (χ2n) is 18.8. The molecular weight excluding hydrogens is 911 g/mol. The Morgan fingerprint density at radius 2 is 0.740 bits per heavy atom. The Morgan fingerprint density at radius 3 is 1.10 bits per heavy atom. The van der Waals surface area contributed by atoms with Gasteiger partial charge in [0.2, 0.25) is 0 Å². The molecule has 9 nitrogen and oxygen atoms in total. The smallest absolute Gasteiger partial charge is 0.306 e. The zero-order valence-corrected chi connectivity index (χ0v) is 46.2. The maximum atomic E-state index is 12.8. The molecule has 0 spiro atoms. The van der Waals surface area contributed by atoms with E-state index in [1.807, 2.05) is 21.1 Å². The van der Waals surface area contributed by atoms with Gasteiger partial charge in [-0.15, -0.1) is 0 Å². The minimum Gasteiger partial charge on any atom is -0.545 e. The number of likely N-dealkylation sites (N-methyl/N-ethyl adjacent to an activating group) is 1. The summed E-state index contributed by atoms with van der Waals surface area (Å²) < 4.78 is 22.6. The first kappa shape index (κ1) is 67.9. The van der Waals surface area contributed by atoms with E-state index in [1.54, 1.807) is 0 Å². The van der Waals surface area contributed by atoms with Gasteiger partial charge in [-0.25, -0.2) is 0 Å². The molecule has 0 radical (unpaired) electrons. The third-order valence-electron chi connectivity index (χ3n) is 10.8. The largest absolute Gasteiger partial charge is 0.545 e. The highest BCUT2D eigenvalue weighted by molar-refractivity contribution is 5.70. The van der Waals surface area contributed by atoms with Gasteiger partial charge in [0.05, 0.1) is 40.3 Å². The number of carbonyl (C=O) groups excluding carboxylic acids is 3. The number of carboxylic acid groups (broad SMARTS) is 1. The van der Waals surface area contributed by atoms with E-state index in [9.17, 15) is 19.5 Å². The van der Waals surface area contributed by atoms with Crippen molar-refractivity contribution in [3.05, 3.63) is 158 Å². The van der Waals surface area contributed by atoms with Crippen LogP contribution < -0.4 is 5.11 Å². The maximum absolute atomic E-state index is 12.8. The van der Waals surface area contributed by atoms with Crippen molar-refractivity contribution >= 4 is 17.9 Å². The fourth-order valence-electron chi connectivity index (χ4n) is 6.58. The lowest BCUT2D eigenvalue weighted by Gasteiger charge is -2.26. The number of hydrogen-bond acceptors (Lipinski definition) is 8. The molecule has 0 N–H and O–H groups in total. The van der Waals surface area contributed by atoms with Gasteiger partial charge in [-0.05, 0) is 122 Å². The van der Waals surface area contributed by atoms with Crippen LogP contribution in [-0.4, -0.2) is 82.3 Å². The number of rotatable bonds is 48. The Hall–Kier alpha value is -5.09. The fraction of sp³-hybridized carbons (Fsp3) is 0.547. The summed E-state index contributed by atoms with van der Waals surface area (Å²) in [4.78, 5) is 37.3. The first-order chi connectivity index (χ1) is 35.6. The predicted octanol–water partition coefficient (Wildman–Crippen LogP) is 14.9. The van der Waals surface area contributed by atoms with Gasteiger partial charge in [0.15, 0.2) is 12.4 Å². The Morgan fingerprint density at radius 1 is 0.411 bits per heavy atom. The van der Waals surface area contributed by atoms with E-state index in [0.717, 1.165) is 128 Å². The quantitative estimate of drug-likeness (QED) is 0.0195. The number of hydrogen-bond donors (Lipinski definition) is 0. The van der Waals surface area contributed by atoms with Crippen LogP contribution in [0.1, 0.15) is 168 Å². The summed E-state index contributed by atoms with van der Waals surface area (Å²) in [6.07, 6.45) is 75.7. The molecule has 408 valence electrons. The van der Waals surface area contributed by atoms with Crippen molar-refractivity contribution in [2.45, 2.75) is 180 Å². The van der Waals surface area contributed by atoms with Crippen molar-refractivity contribution in [1.82, 2.24) is 0 Å². The van der Waals surface area contributed by atoms with Crippen molar-refractivity contribution in [2.75, 3.05) is 47.5 Å². The number of quaternary nitrogens is 1. The highest BCUT2D eigenvalue weighted by atomic mass is 16.7. The summed E-state index contributed by atoms with van der Waals surface area (Å²) in [5.74, 6) is -2.39. The van der Waals surface area contributed by atoms with Crippen LogP contribution in [0.25, 0.3) is 0 Å². The molecular formula is C64H99NO8. The molecule has 73 heavy (non-hydrogen) atoms. The minimum atomic E-state index is -1.65. The Labute approximate surface area is 444 Å². The van der Waals surface area contributed by atoms with Gasteiger partial charge in [0.25, 0.3) is 0 Å². The zero-order chi connectivity index (χ0) is 53.4. The van der Waals surface area contributed by atoms with Crippen LogP contribution in [0, 0.1) is 0 Å². The highest BCUT2D eigenvalue weighted by Gasteiger charge is 2.21. The van der Waals surface area contributed by atoms with Gasteiger partial charge in [0, 0.05) is 12.8 Å². The first-order valence-electron chi connectivity index (χ1n) is 27.6. The molecule has 2 unspecified atom stereocenters. The summed E-state index contributed by atoms with van der Waals surface area (Å²) in [7, 11) is 5.88. The van der Waals surface area contributed by atoms with E-state index < -0.39 is 30.3 Å². The minimum absolute atomic E-state index is 0.126. The normalized spacial score (nSPS) is 14.0. The molecule has 0 heterocycles. The molecule has 0 fully saturated rings. The van der Waals surface area contributed by atoms with Crippen LogP contribution in [0.3, 0.4) is 0 Å². The lowest BCUT2D eigenvalue weighted by Crippen LogP contribution is -2.44. The van der Waals surface area contributed by atoms with Gasteiger partial charge < -0.3 is 33.3 Å². The van der Waals surface area contributed by atoms with Gasteiger partial charge in [-0.1, -0.05) is 191 Å². The van der Waals surface area contributed by atoms with Crippen molar-refractivity contribution in [3.8, 4) is 0 Å². The van der Waals surface area contributed by atoms with Gasteiger partial charge in [-0.2, -0.15) is 0 Å². The first-order valence-corrected chi connectivity index (χ1v) is 27.6. The number of nitrogens with zero attached hydrogens (tertiary/aromatic N) is 1. The summed E-state index contributed by atoms with van der Waals surface area (Å²) in [6, 6.07) is 0. The molecule has 0 bridgehead atoms. The highest BCUT2D eigenvalue weighted by Crippen LogP contribution is 2.11. The molecule has 0 aliphatic heterocycles. The standard InChI is InChI=1S/C64H99NO8/c1-6-8-10-12-14-16-18-20-22-24-26-28-30-31-33-35-37-39-41-43-45-47-49-51-53-55-62(67)73-60(59-72-64(63(68)69)70-57-56-65(3,4)5)58-71-61(66)54-52-50-48-46-44-42-40-38-36-34-32-29-27-25-23-21-19-17-15-13-11-9-7-2/h8-11,14-17,20-23,26-29,31,33-34,36-37,39-40,42-43,45,60,64H,6-7,12-13,18-19,24-25,30,32,35,38,41,44,46-59H2,1-5H3/b10-8-,11-9-,16-14-,17-15-,22-20-,23-21-,28-26-,29-27-,33-31-,36-34-,39-37-,42-40-,45-43-. The third kappa shape index (κ3) is 54.5. The SMILES string of the molecule is CC/C=C\C/C=C\C/C=C\C/C=C\C/C=C\C/C=C\C/C=C\CCCCCC(=O)OC(COC(=O)CCCCCC/C=C\C/C=C\C/C=C\C/C=C\C/C=C\C/C=C\CC)COC(OCC[N+](C)(C)C)C(=O)[O-]. The fourth-order valence-corrected chi connectivity index (χ4v) is 6.58. The lowest BCUT2D eigenvalue weighted by molar-refractivity contribution is -0.870. The van der Waals surface area contributed by atoms with Crippen LogP contribution in [0.2, 0.25) is 0 Å². The van der Waals surface area contributed by atoms with E-state index in [-0.39, 0.29) is 32.7 Å². The van der Waals surface area contributed by atoms with Crippen molar-refractivity contribution < 1.29 is 42.9 Å². The molecule has 0 aromatic heterocycles. The van der Waals surface area contributed by atoms with E-state index in [2.05, 4.69) is 172 Å². The monoisotopic (exact) mass is 1010 g/mol.